The van der Waals surface area contributed by atoms with Crippen molar-refractivity contribution in [2.45, 2.75) is 56.7 Å². The summed E-state index contributed by atoms with van der Waals surface area (Å²) in [7, 11) is 4.33. The topological polar surface area (TPSA) is 35.6 Å². The molecule has 1 atom stereocenters. The first-order valence-electron chi connectivity index (χ1n) is 7.83. The van der Waals surface area contributed by atoms with Crippen molar-refractivity contribution >= 4 is 5.91 Å². The Morgan fingerprint density at radius 3 is 2.47 bits per heavy atom. The molecule has 19 heavy (non-hydrogen) atoms. The standard InChI is InChI=1S/C15H27N3O/c1-17(2)15(8-5-9-15)11-18-13(19)10-16-14(18)12-6-3-4-7-12/h12,14,16H,3-11H2,1-2H3. The number of nitrogens with one attached hydrogen (secondary N) is 1. The van der Waals surface area contributed by atoms with Gasteiger partial charge in [0.15, 0.2) is 0 Å². The lowest BCUT2D eigenvalue weighted by atomic mass is 9.75. The Hall–Kier alpha value is -0.610. The van der Waals surface area contributed by atoms with Gasteiger partial charge in [0.2, 0.25) is 5.91 Å². The number of rotatable bonds is 4. The molecule has 4 nitrogen and oxygen atoms in total. The minimum Gasteiger partial charge on any atom is -0.324 e. The second-order valence-corrected chi connectivity index (χ2v) is 6.86. The van der Waals surface area contributed by atoms with Crippen molar-refractivity contribution in [3.05, 3.63) is 0 Å². The van der Waals surface area contributed by atoms with Crippen molar-refractivity contribution in [2.75, 3.05) is 27.2 Å². The van der Waals surface area contributed by atoms with Gasteiger partial charge in [-0.2, -0.15) is 0 Å². The smallest absolute Gasteiger partial charge is 0.237 e. The van der Waals surface area contributed by atoms with Crippen LogP contribution in [0.1, 0.15) is 44.9 Å². The summed E-state index contributed by atoms with van der Waals surface area (Å²) >= 11 is 0. The number of hydrogen-bond acceptors (Lipinski definition) is 3. The van der Waals surface area contributed by atoms with Crippen LogP contribution in [0.5, 0.6) is 0 Å². The van der Waals surface area contributed by atoms with Gasteiger partial charge in [0.05, 0.1) is 12.7 Å². The number of amides is 1. The Morgan fingerprint density at radius 1 is 1.26 bits per heavy atom. The van der Waals surface area contributed by atoms with Crippen LogP contribution in [0.15, 0.2) is 0 Å². The Labute approximate surface area is 116 Å². The fourth-order valence-electron chi connectivity index (χ4n) is 4.09. The quantitative estimate of drug-likeness (QED) is 0.835. The van der Waals surface area contributed by atoms with Crippen LogP contribution in [-0.2, 0) is 4.79 Å². The van der Waals surface area contributed by atoms with E-state index in [2.05, 4.69) is 29.2 Å². The highest BCUT2D eigenvalue weighted by Gasteiger charge is 2.46. The fourth-order valence-corrected chi connectivity index (χ4v) is 4.09. The van der Waals surface area contributed by atoms with Crippen molar-refractivity contribution in [1.29, 1.82) is 0 Å². The molecule has 3 fully saturated rings. The van der Waals surface area contributed by atoms with E-state index in [0.29, 0.717) is 24.5 Å². The first kappa shape index (κ1) is 13.4. The van der Waals surface area contributed by atoms with Crippen LogP contribution in [0, 0.1) is 5.92 Å². The van der Waals surface area contributed by atoms with Gasteiger partial charge >= 0.3 is 0 Å². The lowest BCUT2D eigenvalue weighted by Gasteiger charge is -2.50. The molecule has 2 saturated carbocycles. The van der Waals surface area contributed by atoms with E-state index in [1.807, 2.05) is 0 Å². The zero-order valence-electron chi connectivity index (χ0n) is 12.3. The van der Waals surface area contributed by atoms with Gasteiger partial charge in [-0.05, 0) is 52.1 Å². The normalized spacial score (nSPS) is 31.2. The third-order valence-corrected chi connectivity index (χ3v) is 5.66. The zero-order valence-corrected chi connectivity index (χ0v) is 12.3. The van der Waals surface area contributed by atoms with Gasteiger partial charge in [-0.3, -0.25) is 10.1 Å². The maximum absolute atomic E-state index is 12.2. The lowest BCUT2D eigenvalue weighted by molar-refractivity contribution is -0.132. The van der Waals surface area contributed by atoms with Crippen LogP contribution in [0.2, 0.25) is 0 Å². The average molecular weight is 265 g/mol. The van der Waals surface area contributed by atoms with Crippen molar-refractivity contribution in [2.24, 2.45) is 5.92 Å². The van der Waals surface area contributed by atoms with Crippen LogP contribution in [0.3, 0.4) is 0 Å². The van der Waals surface area contributed by atoms with Crippen molar-refractivity contribution in [3.63, 3.8) is 0 Å². The first-order chi connectivity index (χ1) is 9.12. The average Bonchev–Trinajstić information content (AvgIpc) is 2.93. The first-order valence-corrected chi connectivity index (χ1v) is 7.83. The highest BCUT2D eigenvalue weighted by Crippen LogP contribution is 2.39. The van der Waals surface area contributed by atoms with Gasteiger partial charge < -0.3 is 9.80 Å². The molecule has 1 heterocycles. The van der Waals surface area contributed by atoms with Gasteiger partial charge in [-0.25, -0.2) is 0 Å². The lowest BCUT2D eigenvalue weighted by Crippen LogP contribution is -2.59. The largest absolute Gasteiger partial charge is 0.324 e. The van der Waals surface area contributed by atoms with Gasteiger partial charge in [0.1, 0.15) is 0 Å². The van der Waals surface area contributed by atoms with E-state index in [4.69, 9.17) is 0 Å². The Balaban J connectivity index is 1.71. The van der Waals surface area contributed by atoms with Gasteiger partial charge in [-0.15, -0.1) is 0 Å². The molecule has 1 N–H and O–H groups in total. The second kappa shape index (κ2) is 5.06. The summed E-state index contributed by atoms with van der Waals surface area (Å²) in [5.74, 6) is 0.996. The minimum atomic E-state index is 0.249. The summed E-state index contributed by atoms with van der Waals surface area (Å²) in [6, 6.07) is 0. The number of carbonyl (C=O) groups is 1. The molecule has 0 aromatic carbocycles. The summed E-state index contributed by atoms with van der Waals surface area (Å²) in [4.78, 5) is 16.7. The molecular formula is C15H27N3O. The van der Waals surface area contributed by atoms with Crippen LogP contribution in [0.25, 0.3) is 0 Å². The summed E-state index contributed by atoms with van der Waals surface area (Å²) in [5, 5.41) is 3.47. The monoisotopic (exact) mass is 265 g/mol. The molecule has 0 bridgehead atoms. The van der Waals surface area contributed by atoms with Crippen molar-refractivity contribution in [1.82, 2.24) is 15.1 Å². The molecule has 1 saturated heterocycles. The van der Waals surface area contributed by atoms with Crippen LogP contribution in [0.4, 0.5) is 0 Å². The number of likely N-dealkylation sites (N-methyl/N-ethyl adjacent to an activating group) is 1. The third kappa shape index (κ3) is 2.29. The molecule has 0 aromatic rings. The maximum Gasteiger partial charge on any atom is 0.237 e. The molecular weight excluding hydrogens is 238 g/mol. The van der Waals surface area contributed by atoms with E-state index in [0.717, 1.165) is 6.54 Å². The summed E-state index contributed by atoms with van der Waals surface area (Å²) in [6.07, 6.45) is 9.34. The van der Waals surface area contributed by atoms with E-state index < -0.39 is 0 Å². The molecule has 3 rings (SSSR count). The minimum absolute atomic E-state index is 0.249. The number of hydrogen-bond donors (Lipinski definition) is 1. The van der Waals surface area contributed by atoms with Gasteiger partial charge in [-0.1, -0.05) is 12.8 Å². The zero-order chi connectivity index (χ0) is 13.5. The Bertz CT molecular complexity index is 345. The highest BCUT2D eigenvalue weighted by molar-refractivity contribution is 5.80. The Morgan fingerprint density at radius 2 is 1.95 bits per heavy atom. The molecule has 108 valence electrons. The predicted molar refractivity (Wildman–Crippen MR) is 75.7 cm³/mol. The van der Waals surface area contributed by atoms with Crippen LogP contribution in [-0.4, -0.2) is 54.6 Å². The summed E-state index contributed by atoms with van der Waals surface area (Å²) < 4.78 is 0. The summed E-state index contributed by atoms with van der Waals surface area (Å²) in [5.41, 5.74) is 0.249. The van der Waals surface area contributed by atoms with Crippen LogP contribution < -0.4 is 5.32 Å². The molecule has 4 heteroatoms. The van der Waals surface area contributed by atoms with Gasteiger partial charge in [0.25, 0.3) is 0 Å². The molecule has 0 spiro atoms. The van der Waals surface area contributed by atoms with Crippen LogP contribution >= 0.6 is 0 Å². The maximum atomic E-state index is 12.2. The molecule has 0 aromatic heterocycles. The third-order valence-electron chi connectivity index (χ3n) is 5.66. The molecule has 0 radical (unpaired) electrons. The molecule has 1 aliphatic heterocycles. The van der Waals surface area contributed by atoms with Crippen molar-refractivity contribution < 1.29 is 4.79 Å². The number of nitrogens with zero attached hydrogens (tertiary/aromatic N) is 2. The molecule has 1 unspecified atom stereocenters. The SMILES string of the molecule is CN(C)C1(CN2C(=O)CNC2C2CCCC2)CCC1. The van der Waals surface area contributed by atoms with E-state index in [9.17, 15) is 4.79 Å². The van der Waals surface area contributed by atoms with Crippen molar-refractivity contribution in [3.8, 4) is 0 Å². The van der Waals surface area contributed by atoms with E-state index >= 15 is 0 Å². The molecule has 3 aliphatic rings. The molecule has 2 aliphatic carbocycles. The number of carbonyl (C=O) groups excluding carboxylic acids is 1. The second-order valence-electron chi connectivity index (χ2n) is 6.86. The van der Waals surface area contributed by atoms with E-state index in [-0.39, 0.29) is 5.54 Å². The van der Waals surface area contributed by atoms with E-state index in [1.54, 1.807) is 0 Å². The fraction of sp³-hybridized carbons (Fsp3) is 0.933. The highest BCUT2D eigenvalue weighted by atomic mass is 16.2. The predicted octanol–water partition coefficient (Wildman–Crippen LogP) is 1.42. The van der Waals surface area contributed by atoms with E-state index in [1.165, 1.54) is 44.9 Å². The molecule has 1 amide bonds. The Kier molecular flexibility index (Phi) is 3.56. The summed E-state index contributed by atoms with van der Waals surface area (Å²) in [6.45, 7) is 1.47. The van der Waals surface area contributed by atoms with Gasteiger partial charge in [0, 0.05) is 12.1 Å².